The van der Waals surface area contributed by atoms with E-state index >= 15 is 0 Å². The van der Waals surface area contributed by atoms with Gasteiger partial charge >= 0.3 is 0 Å². The number of aliphatic hydroxyl groups excluding tert-OH is 1. The minimum Gasteiger partial charge on any atom is -0.392 e. The molecule has 1 aliphatic rings. The Morgan fingerprint density at radius 1 is 1.04 bits per heavy atom. The van der Waals surface area contributed by atoms with Crippen molar-refractivity contribution in [1.82, 2.24) is 14.8 Å². The van der Waals surface area contributed by atoms with Crippen molar-refractivity contribution in [3.8, 4) is 0 Å². The van der Waals surface area contributed by atoms with Crippen LogP contribution in [0.15, 0.2) is 54.9 Å². The zero-order chi connectivity index (χ0) is 19.8. The quantitative estimate of drug-likeness (QED) is 0.683. The minimum atomic E-state index is -0.550. The number of piperazine rings is 1. The van der Waals surface area contributed by atoms with Gasteiger partial charge in [0, 0.05) is 57.6 Å². The highest BCUT2D eigenvalue weighted by Crippen LogP contribution is 2.16. The van der Waals surface area contributed by atoms with Gasteiger partial charge in [-0.05, 0) is 30.0 Å². The average molecular weight is 383 g/mol. The molecular formula is C22H30N4O2. The third-order valence-electron chi connectivity index (χ3n) is 5.35. The fourth-order valence-corrected chi connectivity index (χ4v) is 3.78. The van der Waals surface area contributed by atoms with E-state index in [1.54, 1.807) is 6.20 Å². The molecule has 2 aromatic rings. The second kappa shape index (κ2) is 10.3. The summed E-state index contributed by atoms with van der Waals surface area (Å²) in [6.45, 7) is 5.24. The van der Waals surface area contributed by atoms with Gasteiger partial charge in [0.05, 0.1) is 6.10 Å². The normalized spacial score (nSPS) is 17.9. The number of nitrogens with zero attached hydrogens (tertiary/aromatic N) is 3. The third kappa shape index (κ3) is 6.41. The van der Waals surface area contributed by atoms with Crippen LogP contribution in [0, 0.1) is 5.92 Å². The van der Waals surface area contributed by atoms with Gasteiger partial charge in [0.25, 0.3) is 0 Å². The molecule has 1 aromatic heterocycles. The molecule has 0 bridgehead atoms. The van der Waals surface area contributed by atoms with Crippen LogP contribution in [0.2, 0.25) is 0 Å². The molecule has 6 heteroatoms. The molecular weight excluding hydrogens is 352 g/mol. The molecule has 0 unspecified atom stereocenters. The Hall–Kier alpha value is -2.28. The molecule has 3 N–H and O–H groups in total. The number of aromatic nitrogens is 1. The van der Waals surface area contributed by atoms with Crippen molar-refractivity contribution in [2.45, 2.75) is 25.5 Å². The Morgan fingerprint density at radius 2 is 1.71 bits per heavy atom. The largest absolute Gasteiger partial charge is 0.392 e. The van der Waals surface area contributed by atoms with Crippen LogP contribution in [0.4, 0.5) is 0 Å². The lowest BCUT2D eigenvalue weighted by atomic mass is 9.93. The van der Waals surface area contributed by atoms with Gasteiger partial charge in [0.2, 0.25) is 5.91 Å². The predicted molar refractivity (Wildman–Crippen MR) is 109 cm³/mol. The first-order valence-corrected chi connectivity index (χ1v) is 9.95. The van der Waals surface area contributed by atoms with Crippen LogP contribution in [0.3, 0.4) is 0 Å². The van der Waals surface area contributed by atoms with Crippen molar-refractivity contribution in [3.05, 3.63) is 66.0 Å². The standard InChI is InChI=1S/C22H30N4O2/c23-22(28)20(13-18-5-2-1-3-6-18)14-21(27)17-26-11-9-25(10-12-26)16-19-7-4-8-24-15-19/h1-8,15,20-21,27H,9-14,16-17H2,(H2,23,28)/t20-,21+/m1/s1. The number of aliphatic hydroxyl groups is 1. The van der Waals surface area contributed by atoms with Crippen molar-refractivity contribution < 1.29 is 9.90 Å². The van der Waals surface area contributed by atoms with E-state index in [0.717, 1.165) is 38.3 Å². The first-order chi connectivity index (χ1) is 13.6. The number of carbonyl (C=O) groups excluding carboxylic acids is 1. The second-order valence-electron chi connectivity index (χ2n) is 7.62. The molecule has 2 heterocycles. The molecule has 3 rings (SSSR count). The van der Waals surface area contributed by atoms with Crippen LogP contribution in [0.25, 0.3) is 0 Å². The van der Waals surface area contributed by atoms with Crippen molar-refractivity contribution in [2.75, 3.05) is 32.7 Å². The molecule has 0 spiro atoms. The topological polar surface area (TPSA) is 82.7 Å². The van der Waals surface area contributed by atoms with E-state index in [0.29, 0.717) is 19.4 Å². The van der Waals surface area contributed by atoms with Crippen molar-refractivity contribution in [2.24, 2.45) is 11.7 Å². The zero-order valence-electron chi connectivity index (χ0n) is 16.3. The number of amides is 1. The highest BCUT2D eigenvalue weighted by molar-refractivity contribution is 5.77. The van der Waals surface area contributed by atoms with Crippen LogP contribution in [-0.4, -0.2) is 64.6 Å². The molecule has 1 aliphatic heterocycles. The fourth-order valence-electron chi connectivity index (χ4n) is 3.78. The second-order valence-corrected chi connectivity index (χ2v) is 7.62. The number of rotatable bonds is 9. The molecule has 0 saturated carbocycles. The first-order valence-electron chi connectivity index (χ1n) is 9.95. The summed E-state index contributed by atoms with van der Waals surface area (Å²) >= 11 is 0. The van der Waals surface area contributed by atoms with Crippen molar-refractivity contribution in [1.29, 1.82) is 0 Å². The summed E-state index contributed by atoms with van der Waals surface area (Å²) in [5.74, 6) is -0.687. The molecule has 28 heavy (non-hydrogen) atoms. The summed E-state index contributed by atoms with van der Waals surface area (Å²) in [6, 6.07) is 13.9. The Balaban J connectivity index is 1.43. The maximum atomic E-state index is 11.8. The van der Waals surface area contributed by atoms with E-state index < -0.39 is 6.10 Å². The van der Waals surface area contributed by atoms with E-state index in [9.17, 15) is 9.90 Å². The van der Waals surface area contributed by atoms with Crippen LogP contribution in [0.5, 0.6) is 0 Å². The Bertz CT molecular complexity index is 718. The summed E-state index contributed by atoms with van der Waals surface area (Å²) in [5, 5.41) is 10.5. The molecule has 2 atom stereocenters. The number of pyridine rings is 1. The molecule has 1 aromatic carbocycles. The maximum absolute atomic E-state index is 11.8. The third-order valence-corrected chi connectivity index (χ3v) is 5.35. The van der Waals surface area contributed by atoms with Crippen LogP contribution < -0.4 is 5.73 Å². The van der Waals surface area contributed by atoms with Crippen LogP contribution in [-0.2, 0) is 17.8 Å². The molecule has 6 nitrogen and oxygen atoms in total. The molecule has 150 valence electrons. The van der Waals surface area contributed by atoms with Gasteiger partial charge in [-0.2, -0.15) is 0 Å². The molecule has 0 radical (unpaired) electrons. The number of hydrogen-bond acceptors (Lipinski definition) is 5. The lowest BCUT2D eigenvalue weighted by Gasteiger charge is -2.35. The van der Waals surface area contributed by atoms with Gasteiger partial charge in [0.1, 0.15) is 0 Å². The zero-order valence-corrected chi connectivity index (χ0v) is 16.3. The van der Waals surface area contributed by atoms with Gasteiger partial charge in [-0.1, -0.05) is 36.4 Å². The average Bonchev–Trinajstić information content (AvgIpc) is 2.70. The summed E-state index contributed by atoms with van der Waals surface area (Å²) in [7, 11) is 0. The number of benzene rings is 1. The number of hydrogen-bond donors (Lipinski definition) is 2. The van der Waals surface area contributed by atoms with Crippen LogP contribution >= 0.6 is 0 Å². The van der Waals surface area contributed by atoms with E-state index in [1.807, 2.05) is 42.6 Å². The van der Waals surface area contributed by atoms with Gasteiger partial charge in [-0.15, -0.1) is 0 Å². The summed E-state index contributed by atoms with van der Waals surface area (Å²) in [5.41, 5.74) is 7.88. The van der Waals surface area contributed by atoms with Gasteiger partial charge in [-0.3, -0.25) is 19.6 Å². The molecule has 1 amide bonds. The molecule has 1 saturated heterocycles. The van der Waals surface area contributed by atoms with Crippen molar-refractivity contribution >= 4 is 5.91 Å². The number of primary amides is 1. The van der Waals surface area contributed by atoms with E-state index in [2.05, 4.69) is 20.9 Å². The Labute approximate surface area is 167 Å². The van der Waals surface area contributed by atoms with Crippen LogP contribution in [0.1, 0.15) is 17.5 Å². The van der Waals surface area contributed by atoms with E-state index in [1.165, 1.54) is 5.56 Å². The van der Waals surface area contributed by atoms with Crippen molar-refractivity contribution in [3.63, 3.8) is 0 Å². The highest BCUT2D eigenvalue weighted by Gasteiger charge is 2.24. The number of nitrogens with two attached hydrogens (primary N) is 1. The first kappa shape index (κ1) is 20.5. The van der Waals surface area contributed by atoms with Gasteiger partial charge < -0.3 is 10.8 Å². The lowest BCUT2D eigenvalue weighted by molar-refractivity contribution is -0.122. The van der Waals surface area contributed by atoms with E-state index in [-0.39, 0.29) is 11.8 Å². The fraction of sp³-hybridized carbons (Fsp3) is 0.455. The Morgan fingerprint density at radius 3 is 2.36 bits per heavy atom. The SMILES string of the molecule is NC(=O)[C@H](Cc1ccccc1)C[C@H](O)CN1CCN(Cc2cccnc2)CC1. The van der Waals surface area contributed by atoms with Gasteiger partial charge in [0.15, 0.2) is 0 Å². The lowest BCUT2D eigenvalue weighted by Crippen LogP contribution is -2.48. The summed E-state index contributed by atoms with van der Waals surface area (Å²) < 4.78 is 0. The highest BCUT2D eigenvalue weighted by atomic mass is 16.3. The number of carbonyl (C=O) groups is 1. The monoisotopic (exact) mass is 382 g/mol. The summed E-state index contributed by atoms with van der Waals surface area (Å²) in [6.07, 6.45) is 4.13. The van der Waals surface area contributed by atoms with E-state index in [4.69, 9.17) is 5.73 Å². The maximum Gasteiger partial charge on any atom is 0.220 e. The predicted octanol–water partition coefficient (Wildman–Crippen LogP) is 1.29. The minimum absolute atomic E-state index is 0.343. The number of β-amino-alcohol motifs (C(OH)–C–C–N with tert-alkyl or cyclic N) is 1. The molecule has 1 fully saturated rings. The smallest absolute Gasteiger partial charge is 0.220 e. The molecule has 0 aliphatic carbocycles. The van der Waals surface area contributed by atoms with Gasteiger partial charge in [-0.25, -0.2) is 0 Å². The summed E-state index contributed by atoms with van der Waals surface area (Å²) in [4.78, 5) is 20.7. The Kier molecular flexibility index (Phi) is 7.54.